The normalized spacial score (nSPS) is 17.0. The summed E-state index contributed by atoms with van der Waals surface area (Å²) in [4.78, 5) is 60.0. The van der Waals surface area contributed by atoms with E-state index in [0.29, 0.717) is 31.4 Å². The predicted octanol–water partition coefficient (Wildman–Crippen LogP) is -0.110. The number of hydrogen-bond donors (Lipinski definition) is 7. The molecule has 0 spiro atoms. The van der Waals surface area contributed by atoms with Crippen molar-refractivity contribution in [2.75, 3.05) is 25.1 Å². The second-order valence-electron chi connectivity index (χ2n) is 10.1. The SMILES string of the molecule is CSCCC(NC(=O)C(N)Cc1c[nH]c2ccccc12)C(=O)NC(CCCN=C(N)N)C(=O)N1CCCC1C(=O)O. The van der Waals surface area contributed by atoms with E-state index in [4.69, 9.17) is 17.2 Å². The fourth-order valence-electron chi connectivity index (χ4n) is 4.93. The van der Waals surface area contributed by atoms with Crippen LogP contribution in [0.2, 0.25) is 0 Å². The zero-order valence-electron chi connectivity index (χ0n) is 23.2. The minimum absolute atomic E-state index is 0.0915. The summed E-state index contributed by atoms with van der Waals surface area (Å²) in [5.74, 6) is -2.12. The van der Waals surface area contributed by atoms with Crippen molar-refractivity contribution in [1.82, 2.24) is 20.5 Å². The van der Waals surface area contributed by atoms with Crippen LogP contribution in [0.25, 0.3) is 10.9 Å². The highest BCUT2D eigenvalue weighted by atomic mass is 32.2. The summed E-state index contributed by atoms with van der Waals surface area (Å²) in [6.45, 7) is 0.519. The molecule has 14 heteroatoms. The molecule has 1 saturated heterocycles. The summed E-state index contributed by atoms with van der Waals surface area (Å²) < 4.78 is 0. The van der Waals surface area contributed by atoms with Crippen LogP contribution < -0.4 is 27.8 Å². The lowest BCUT2D eigenvalue weighted by Gasteiger charge is -2.29. The smallest absolute Gasteiger partial charge is 0.326 e. The van der Waals surface area contributed by atoms with Gasteiger partial charge < -0.3 is 42.8 Å². The third kappa shape index (κ3) is 8.85. The van der Waals surface area contributed by atoms with Crippen LogP contribution >= 0.6 is 11.8 Å². The molecule has 3 rings (SSSR count). The molecule has 0 radical (unpaired) electrons. The Balaban J connectivity index is 1.71. The second kappa shape index (κ2) is 15.3. The van der Waals surface area contributed by atoms with Gasteiger partial charge in [-0.1, -0.05) is 18.2 Å². The number of carboxylic acid groups (broad SMARTS) is 1. The molecule has 3 amide bonds. The molecule has 4 atom stereocenters. The molecule has 224 valence electrons. The minimum atomic E-state index is -1.09. The molecule has 13 nitrogen and oxygen atoms in total. The topological polar surface area (TPSA) is 222 Å². The Hall–Kier alpha value is -3.78. The van der Waals surface area contributed by atoms with Crippen molar-refractivity contribution >= 4 is 52.3 Å². The Kier molecular flexibility index (Phi) is 11.8. The van der Waals surface area contributed by atoms with E-state index in [1.165, 1.54) is 16.7 Å². The number of hydrogen-bond acceptors (Lipinski definition) is 7. The van der Waals surface area contributed by atoms with Gasteiger partial charge in [-0.15, -0.1) is 0 Å². The maximum Gasteiger partial charge on any atom is 0.326 e. The number of carboxylic acids is 1. The molecule has 1 aliphatic heterocycles. The van der Waals surface area contributed by atoms with Crippen molar-refractivity contribution in [1.29, 1.82) is 0 Å². The maximum atomic E-state index is 13.4. The number of nitrogens with zero attached hydrogens (tertiary/aromatic N) is 2. The van der Waals surface area contributed by atoms with Gasteiger partial charge in [-0.2, -0.15) is 11.8 Å². The number of para-hydroxylation sites is 1. The van der Waals surface area contributed by atoms with Crippen LogP contribution in [0.15, 0.2) is 35.5 Å². The third-order valence-corrected chi connectivity index (χ3v) is 7.72. The van der Waals surface area contributed by atoms with Crippen molar-refractivity contribution in [3.05, 3.63) is 36.0 Å². The van der Waals surface area contributed by atoms with E-state index in [1.54, 1.807) is 0 Å². The van der Waals surface area contributed by atoms with Crippen LogP contribution in [0.4, 0.5) is 0 Å². The second-order valence-corrected chi connectivity index (χ2v) is 11.0. The van der Waals surface area contributed by atoms with Crippen LogP contribution in [0.5, 0.6) is 0 Å². The number of rotatable bonds is 15. The Morgan fingerprint density at radius 2 is 1.88 bits per heavy atom. The maximum absolute atomic E-state index is 13.4. The van der Waals surface area contributed by atoms with E-state index < -0.39 is 47.9 Å². The first-order valence-electron chi connectivity index (χ1n) is 13.6. The number of benzene rings is 1. The lowest BCUT2D eigenvalue weighted by atomic mass is 10.0. The highest BCUT2D eigenvalue weighted by Crippen LogP contribution is 2.21. The number of aliphatic imine (C=N–C) groups is 1. The number of nitrogens with two attached hydrogens (primary N) is 3. The van der Waals surface area contributed by atoms with Gasteiger partial charge in [-0.3, -0.25) is 19.4 Å². The van der Waals surface area contributed by atoms with Crippen molar-refractivity contribution in [2.24, 2.45) is 22.2 Å². The van der Waals surface area contributed by atoms with Crippen LogP contribution in [-0.2, 0) is 25.6 Å². The molecule has 1 fully saturated rings. The third-order valence-electron chi connectivity index (χ3n) is 7.08. The molecule has 2 aromatic rings. The average molecular weight is 589 g/mol. The molecule has 1 aromatic heterocycles. The number of amides is 3. The zero-order valence-corrected chi connectivity index (χ0v) is 24.0. The first kappa shape index (κ1) is 31.7. The number of likely N-dealkylation sites (tertiary alicyclic amines) is 1. The summed E-state index contributed by atoms with van der Waals surface area (Å²) in [7, 11) is 0. The highest BCUT2D eigenvalue weighted by molar-refractivity contribution is 7.98. The molecule has 41 heavy (non-hydrogen) atoms. The van der Waals surface area contributed by atoms with Crippen LogP contribution in [0, 0.1) is 0 Å². The van der Waals surface area contributed by atoms with Crippen LogP contribution in [0.3, 0.4) is 0 Å². The molecule has 0 aliphatic carbocycles. The number of aromatic nitrogens is 1. The van der Waals surface area contributed by atoms with Gasteiger partial charge in [0.05, 0.1) is 6.04 Å². The monoisotopic (exact) mass is 588 g/mol. The molecule has 0 saturated carbocycles. The quantitative estimate of drug-likeness (QED) is 0.0836. The van der Waals surface area contributed by atoms with Crippen molar-refractivity contribution in [2.45, 2.75) is 62.7 Å². The first-order chi connectivity index (χ1) is 19.6. The van der Waals surface area contributed by atoms with E-state index >= 15 is 0 Å². The standard InChI is InChI=1S/C27H40N8O5S/c1-41-13-10-20(33-23(36)18(28)14-16-15-32-19-7-3-2-6-17(16)19)24(37)34-21(8-4-11-31-27(29)30)25(38)35-12-5-9-22(35)26(39)40/h2-3,6-7,15,18,20-22,32H,4-5,8-14,28H2,1H3,(H,33,36)(H,34,37)(H,39,40)(H4,29,30,31). The first-order valence-corrected chi connectivity index (χ1v) is 15.0. The number of aliphatic carboxylic acids is 1. The fourth-order valence-corrected chi connectivity index (χ4v) is 5.41. The Morgan fingerprint density at radius 1 is 1.15 bits per heavy atom. The largest absolute Gasteiger partial charge is 0.480 e. The summed E-state index contributed by atoms with van der Waals surface area (Å²) in [6.07, 6.45) is 5.74. The summed E-state index contributed by atoms with van der Waals surface area (Å²) >= 11 is 1.51. The average Bonchev–Trinajstić information content (AvgIpc) is 3.60. The van der Waals surface area contributed by atoms with E-state index in [0.717, 1.165) is 16.5 Å². The number of H-pyrrole nitrogens is 1. The van der Waals surface area contributed by atoms with E-state index in [1.807, 2.05) is 36.7 Å². The van der Waals surface area contributed by atoms with Gasteiger partial charge in [0.25, 0.3) is 0 Å². The van der Waals surface area contributed by atoms with Crippen molar-refractivity contribution in [3.63, 3.8) is 0 Å². The number of thioether (sulfide) groups is 1. The summed E-state index contributed by atoms with van der Waals surface area (Å²) in [5, 5.41) is 16.1. The number of carbonyl (C=O) groups is 4. The van der Waals surface area contributed by atoms with Gasteiger partial charge in [-0.05, 0) is 62.2 Å². The van der Waals surface area contributed by atoms with Crippen LogP contribution in [-0.4, -0.2) is 93.9 Å². The molecule has 4 unspecified atom stereocenters. The predicted molar refractivity (Wildman–Crippen MR) is 159 cm³/mol. The summed E-state index contributed by atoms with van der Waals surface area (Å²) in [6, 6.07) is 3.89. The number of carbonyl (C=O) groups excluding carboxylic acids is 3. The molecule has 1 aliphatic rings. The Morgan fingerprint density at radius 3 is 2.59 bits per heavy atom. The van der Waals surface area contributed by atoms with Crippen LogP contribution in [0.1, 0.15) is 37.7 Å². The lowest BCUT2D eigenvalue weighted by Crippen LogP contribution is -2.57. The minimum Gasteiger partial charge on any atom is -0.480 e. The number of aromatic amines is 1. The van der Waals surface area contributed by atoms with Gasteiger partial charge in [0.15, 0.2) is 5.96 Å². The number of guanidine groups is 1. The molecule has 10 N–H and O–H groups in total. The Labute approximate surface area is 243 Å². The summed E-state index contributed by atoms with van der Waals surface area (Å²) in [5.41, 5.74) is 18.9. The van der Waals surface area contributed by atoms with Crippen molar-refractivity contribution < 1.29 is 24.3 Å². The van der Waals surface area contributed by atoms with Gasteiger partial charge >= 0.3 is 5.97 Å². The van der Waals surface area contributed by atoms with Gasteiger partial charge in [0, 0.05) is 30.2 Å². The van der Waals surface area contributed by atoms with Gasteiger partial charge in [-0.25, -0.2) is 4.79 Å². The van der Waals surface area contributed by atoms with Gasteiger partial charge in [0.1, 0.15) is 18.1 Å². The van der Waals surface area contributed by atoms with E-state index in [9.17, 15) is 24.3 Å². The Bertz CT molecular complexity index is 1250. The van der Waals surface area contributed by atoms with E-state index in [-0.39, 0.29) is 31.9 Å². The molecule has 0 bridgehead atoms. The number of nitrogens with one attached hydrogen (secondary N) is 3. The highest BCUT2D eigenvalue weighted by Gasteiger charge is 2.38. The lowest BCUT2D eigenvalue weighted by molar-refractivity contribution is -0.149. The van der Waals surface area contributed by atoms with Gasteiger partial charge in [0.2, 0.25) is 17.7 Å². The van der Waals surface area contributed by atoms with Crippen molar-refractivity contribution in [3.8, 4) is 0 Å². The molecular formula is C27H40N8O5S. The van der Waals surface area contributed by atoms with E-state index in [2.05, 4.69) is 20.6 Å². The molecular weight excluding hydrogens is 548 g/mol. The molecule has 1 aromatic carbocycles. The number of fused-ring (bicyclic) bond motifs is 1. The molecule has 2 heterocycles. The fraction of sp³-hybridized carbons (Fsp3) is 0.519. The zero-order chi connectivity index (χ0) is 29.9.